The number of anilines is 1. The Morgan fingerprint density at radius 1 is 1.25 bits per heavy atom. The summed E-state index contributed by atoms with van der Waals surface area (Å²) in [6.45, 7) is 1.48. The van der Waals surface area contributed by atoms with Crippen molar-refractivity contribution in [1.82, 2.24) is 4.90 Å². The van der Waals surface area contributed by atoms with Crippen molar-refractivity contribution < 1.29 is 18.8 Å². The van der Waals surface area contributed by atoms with Crippen molar-refractivity contribution in [1.29, 1.82) is 0 Å². The van der Waals surface area contributed by atoms with Crippen molar-refractivity contribution in [2.45, 2.75) is 6.42 Å². The summed E-state index contributed by atoms with van der Waals surface area (Å²) in [4.78, 5) is 26.5. The van der Waals surface area contributed by atoms with Crippen molar-refractivity contribution in [3.05, 3.63) is 62.9 Å². The lowest BCUT2D eigenvalue weighted by molar-refractivity contribution is -0.386. The fourth-order valence-corrected chi connectivity index (χ4v) is 3.44. The van der Waals surface area contributed by atoms with Gasteiger partial charge in [-0.2, -0.15) is 4.39 Å². The summed E-state index contributed by atoms with van der Waals surface area (Å²) in [5.74, 6) is -0.787. The summed E-state index contributed by atoms with van der Waals surface area (Å²) >= 11 is 5.95. The van der Waals surface area contributed by atoms with Crippen LogP contribution in [0.2, 0.25) is 5.02 Å². The Morgan fingerprint density at radius 2 is 1.96 bits per heavy atom. The van der Waals surface area contributed by atoms with Crippen LogP contribution in [-0.4, -0.2) is 49.0 Å². The number of carbonyl (C=O) groups is 1. The van der Waals surface area contributed by atoms with Gasteiger partial charge in [0.25, 0.3) is 0 Å². The fourth-order valence-electron chi connectivity index (χ4n) is 3.23. The van der Waals surface area contributed by atoms with E-state index in [9.17, 15) is 19.3 Å². The van der Waals surface area contributed by atoms with Crippen molar-refractivity contribution in [3.63, 3.8) is 0 Å². The van der Waals surface area contributed by atoms with Gasteiger partial charge >= 0.3 is 5.69 Å². The molecule has 0 spiro atoms. The van der Waals surface area contributed by atoms with E-state index in [-0.39, 0.29) is 23.8 Å². The van der Waals surface area contributed by atoms with Gasteiger partial charge in [0.15, 0.2) is 0 Å². The van der Waals surface area contributed by atoms with E-state index in [1.165, 1.54) is 13.2 Å². The summed E-state index contributed by atoms with van der Waals surface area (Å²) in [5, 5.41) is 11.9. The van der Waals surface area contributed by atoms with Crippen LogP contribution in [0.5, 0.6) is 5.75 Å². The number of benzene rings is 2. The topological polar surface area (TPSA) is 75.9 Å². The Labute approximate surface area is 166 Å². The van der Waals surface area contributed by atoms with E-state index in [0.29, 0.717) is 31.2 Å². The number of piperazine rings is 1. The Kier molecular flexibility index (Phi) is 5.99. The molecular weight excluding hydrogens is 389 g/mol. The Hall–Kier alpha value is -2.87. The molecule has 0 radical (unpaired) electrons. The van der Waals surface area contributed by atoms with Crippen molar-refractivity contribution in [3.8, 4) is 5.75 Å². The lowest BCUT2D eigenvalue weighted by Crippen LogP contribution is -2.49. The second-order valence-corrected chi connectivity index (χ2v) is 6.85. The van der Waals surface area contributed by atoms with Crippen LogP contribution in [0.1, 0.15) is 5.56 Å². The summed E-state index contributed by atoms with van der Waals surface area (Å²) in [7, 11) is 1.37. The average molecular weight is 408 g/mol. The Bertz CT molecular complexity index is 901. The molecule has 0 unspecified atom stereocenters. The SMILES string of the molecule is COc1cc(F)c([N+](=O)[O-])c(N2CCN(C(=O)Cc3cccc(Cl)c3)CC2)c1. The number of amides is 1. The normalized spacial score (nSPS) is 14.1. The number of rotatable bonds is 5. The first-order valence-corrected chi connectivity index (χ1v) is 9.06. The first-order chi connectivity index (χ1) is 13.4. The molecule has 2 aromatic carbocycles. The molecule has 9 heteroatoms. The summed E-state index contributed by atoms with van der Waals surface area (Å²) in [5.41, 5.74) is 0.397. The van der Waals surface area contributed by atoms with Crippen molar-refractivity contribution in [2.75, 3.05) is 38.2 Å². The van der Waals surface area contributed by atoms with E-state index < -0.39 is 16.4 Å². The molecule has 7 nitrogen and oxygen atoms in total. The molecule has 0 aromatic heterocycles. The molecule has 0 N–H and O–H groups in total. The quantitative estimate of drug-likeness (QED) is 0.561. The van der Waals surface area contributed by atoms with Crippen LogP contribution in [0.15, 0.2) is 36.4 Å². The minimum Gasteiger partial charge on any atom is -0.497 e. The third-order valence-corrected chi connectivity index (χ3v) is 4.89. The van der Waals surface area contributed by atoms with Gasteiger partial charge in [0.1, 0.15) is 11.4 Å². The molecule has 1 aliphatic rings. The Morgan fingerprint density at radius 3 is 2.57 bits per heavy atom. The van der Waals surface area contributed by atoms with Crippen molar-refractivity contribution in [2.24, 2.45) is 0 Å². The van der Waals surface area contributed by atoms with Crippen LogP contribution >= 0.6 is 11.6 Å². The predicted molar refractivity (Wildman–Crippen MR) is 104 cm³/mol. The molecule has 1 heterocycles. The maximum Gasteiger partial charge on any atom is 0.328 e. The van der Waals surface area contributed by atoms with Crippen LogP contribution in [0.25, 0.3) is 0 Å². The molecule has 3 rings (SSSR count). The minimum absolute atomic E-state index is 0.0479. The van der Waals surface area contributed by atoms with Crippen LogP contribution in [-0.2, 0) is 11.2 Å². The molecule has 0 atom stereocenters. The highest BCUT2D eigenvalue weighted by atomic mass is 35.5. The summed E-state index contributed by atoms with van der Waals surface area (Å²) in [6, 6.07) is 9.56. The first kappa shape index (κ1) is 19.9. The monoisotopic (exact) mass is 407 g/mol. The number of hydrogen-bond donors (Lipinski definition) is 0. The first-order valence-electron chi connectivity index (χ1n) is 8.68. The molecule has 0 bridgehead atoms. The highest BCUT2D eigenvalue weighted by Gasteiger charge is 2.29. The molecule has 1 saturated heterocycles. The zero-order chi connectivity index (χ0) is 20.3. The zero-order valence-corrected chi connectivity index (χ0v) is 16.0. The number of methoxy groups -OCH3 is 1. The highest BCUT2D eigenvalue weighted by molar-refractivity contribution is 6.30. The molecule has 0 saturated carbocycles. The molecule has 148 valence electrons. The van der Waals surface area contributed by atoms with Crippen LogP contribution in [0.4, 0.5) is 15.8 Å². The third kappa shape index (κ3) is 4.33. The van der Waals surface area contributed by atoms with E-state index in [1.54, 1.807) is 28.0 Å². The minimum atomic E-state index is -0.946. The smallest absolute Gasteiger partial charge is 0.328 e. The van der Waals surface area contributed by atoms with E-state index in [2.05, 4.69) is 0 Å². The van der Waals surface area contributed by atoms with Gasteiger partial charge in [-0.05, 0) is 17.7 Å². The lowest BCUT2D eigenvalue weighted by Gasteiger charge is -2.36. The zero-order valence-electron chi connectivity index (χ0n) is 15.2. The van der Waals surface area contributed by atoms with Gasteiger partial charge in [0.05, 0.1) is 18.5 Å². The standard InChI is InChI=1S/C19H19ClFN3O4/c1-28-15-11-16(21)19(24(26)27)17(12-15)22-5-7-23(8-6-22)18(25)10-13-3-2-4-14(20)9-13/h2-4,9,11-12H,5-8,10H2,1H3. The van der Waals surface area contributed by atoms with Crippen LogP contribution in [0, 0.1) is 15.9 Å². The van der Waals surface area contributed by atoms with Crippen LogP contribution < -0.4 is 9.64 Å². The molecule has 1 fully saturated rings. The molecule has 2 aromatic rings. The number of nitro benzene ring substituents is 1. The van der Waals surface area contributed by atoms with E-state index in [4.69, 9.17) is 16.3 Å². The number of nitrogens with zero attached hydrogens (tertiary/aromatic N) is 3. The summed E-state index contributed by atoms with van der Waals surface area (Å²) < 4.78 is 19.2. The molecular formula is C19H19ClFN3O4. The average Bonchev–Trinajstić information content (AvgIpc) is 2.67. The van der Waals surface area contributed by atoms with Crippen molar-refractivity contribution >= 4 is 28.9 Å². The van der Waals surface area contributed by atoms with Gasteiger partial charge in [-0.25, -0.2) is 0 Å². The van der Waals surface area contributed by atoms with Gasteiger partial charge in [-0.15, -0.1) is 0 Å². The third-order valence-electron chi connectivity index (χ3n) is 4.65. The number of ether oxygens (including phenoxy) is 1. The predicted octanol–water partition coefficient (Wildman–Crippen LogP) is 3.29. The van der Waals surface area contributed by atoms with Gasteiger partial charge in [0, 0.05) is 43.3 Å². The van der Waals surface area contributed by atoms with Crippen LogP contribution in [0.3, 0.4) is 0 Å². The molecule has 1 amide bonds. The Balaban J connectivity index is 1.71. The number of nitro groups is 1. The lowest BCUT2D eigenvalue weighted by atomic mass is 10.1. The van der Waals surface area contributed by atoms with Gasteiger partial charge in [-0.1, -0.05) is 23.7 Å². The molecule has 1 aliphatic heterocycles. The van der Waals surface area contributed by atoms with E-state index >= 15 is 0 Å². The number of hydrogen-bond acceptors (Lipinski definition) is 5. The second kappa shape index (κ2) is 8.43. The second-order valence-electron chi connectivity index (χ2n) is 6.41. The van der Waals surface area contributed by atoms with Gasteiger partial charge < -0.3 is 14.5 Å². The fraction of sp³-hybridized carbons (Fsp3) is 0.316. The van der Waals surface area contributed by atoms with E-state index in [0.717, 1.165) is 11.6 Å². The van der Waals surface area contributed by atoms with Gasteiger partial charge in [-0.3, -0.25) is 14.9 Å². The number of halogens is 2. The van der Waals surface area contributed by atoms with Gasteiger partial charge in [0.2, 0.25) is 11.7 Å². The summed E-state index contributed by atoms with van der Waals surface area (Å²) in [6.07, 6.45) is 0.231. The van der Waals surface area contributed by atoms with E-state index in [1.807, 2.05) is 6.07 Å². The highest BCUT2D eigenvalue weighted by Crippen LogP contribution is 2.35. The molecule has 28 heavy (non-hydrogen) atoms. The number of carbonyl (C=O) groups excluding carboxylic acids is 1. The largest absolute Gasteiger partial charge is 0.497 e. The molecule has 0 aliphatic carbocycles. The maximum absolute atomic E-state index is 14.2. The maximum atomic E-state index is 14.2.